The third kappa shape index (κ3) is 5.58. The van der Waals surface area contributed by atoms with Crippen LogP contribution in [-0.4, -0.2) is 32.2 Å². The summed E-state index contributed by atoms with van der Waals surface area (Å²) in [4.78, 5) is 24.9. The Bertz CT molecular complexity index is 1060. The first-order chi connectivity index (χ1) is 14.4. The molecule has 0 aliphatic rings. The van der Waals surface area contributed by atoms with Crippen LogP contribution in [0.5, 0.6) is 0 Å². The van der Waals surface area contributed by atoms with Crippen LogP contribution < -0.4 is 5.32 Å². The SMILES string of the molecule is CCn1c(CC(=O)Nc2ccc(C)c(C)c2)nnc1SCC(=O)c1ccc(Br)cc1. The van der Waals surface area contributed by atoms with Gasteiger partial charge in [-0.2, -0.15) is 0 Å². The summed E-state index contributed by atoms with van der Waals surface area (Å²) in [6, 6.07) is 13.1. The molecule has 156 valence electrons. The number of anilines is 1. The second kappa shape index (κ2) is 10.0. The van der Waals surface area contributed by atoms with E-state index in [4.69, 9.17) is 0 Å². The van der Waals surface area contributed by atoms with Crippen molar-refractivity contribution < 1.29 is 9.59 Å². The average Bonchev–Trinajstić information content (AvgIpc) is 3.10. The van der Waals surface area contributed by atoms with Crippen LogP contribution >= 0.6 is 27.7 Å². The third-order valence-corrected chi connectivity index (χ3v) is 6.21. The van der Waals surface area contributed by atoms with Gasteiger partial charge >= 0.3 is 0 Å². The van der Waals surface area contributed by atoms with Crippen LogP contribution in [-0.2, 0) is 17.8 Å². The Morgan fingerprint density at radius 3 is 2.47 bits per heavy atom. The molecule has 30 heavy (non-hydrogen) atoms. The Morgan fingerprint density at radius 2 is 1.80 bits per heavy atom. The Balaban J connectivity index is 1.63. The lowest BCUT2D eigenvalue weighted by Gasteiger charge is -2.09. The van der Waals surface area contributed by atoms with E-state index >= 15 is 0 Å². The number of aromatic nitrogens is 3. The van der Waals surface area contributed by atoms with Gasteiger partial charge in [-0.3, -0.25) is 9.59 Å². The van der Waals surface area contributed by atoms with E-state index in [1.807, 2.05) is 55.7 Å². The van der Waals surface area contributed by atoms with Gasteiger partial charge in [0.1, 0.15) is 5.82 Å². The van der Waals surface area contributed by atoms with Crippen molar-refractivity contribution in [1.29, 1.82) is 0 Å². The molecule has 0 aliphatic heterocycles. The van der Waals surface area contributed by atoms with Crippen molar-refractivity contribution in [2.75, 3.05) is 11.1 Å². The molecule has 1 heterocycles. The minimum absolute atomic E-state index is 0.0205. The number of nitrogens with one attached hydrogen (secondary N) is 1. The fourth-order valence-electron chi connectivity index (χ4n) is 2.89. The minimum atomic E-state index is -0.150. The molecule has 0 atom stereocenters. The second-order valence-electron chi connectivity index (χ2n) is 6.89. The number of ketones is 1. The van der Waals surface area contributed by atoms with E-state index in [2.05, 4.69) is 31.4 Å². The molecule has 2 aromatic carbocycles. The summed E-state index contributed by atoms with van der Waals surface area (Å²) < 4.78 is 2.81. The molecule has 1 N–H and O–H groups in total. The first kappa shape index (κ1) is 22.2. The van der Waals surface area contributed by atoms with Gasteiger partial charge < -0.3 is 9.88 Å². The number of thioether (sulfide) groups is 1. The molecule has 3 rings (SSSR count). The van der Waals surface area contributed by atoms with Crippen LogP contribution in [0.3, 0.4) is 0 Å². The number of Topliss-reactive ketones (excluding diaryl/α,β-unsaturated/α-hetero) is 1. The predicted octanol–water partition coefficient (Wildman–Crippen LogP) is 4.83. The first-order valence-corrected chi connectivity index (χ1v) is 11.4. The molecule has 0 unspecified atom stereocenters. The molecule has 0 radical (unpaired) electrons. The maximum atomic E-state index is 12.5. The zero-order valence-corrected chi connectivity index (χ0v) is 19.5. The number of benzene rings is 2. The molecule has 6 nitrogen and oxygen atoms in total. The number of hydrogen-bond donors (Lipinski definition) is 1. The Kier molecular flexibility index (Phi) is 7.44. The molecule has 1 amide bonds. The highest BCUT2D eigenvalue weighted by Crippen LogP contribution is 2.20. The highest BCUT2D eigenvalue weighted by Gasteiger charge is 2.16. The second-order valence-corrected chi connectivity index (χ2v) is 8.74. The van der Waals surface area contributed by atoms with Crippen molar-refractivity contribution in [3.8, 4) is 0 Å². The number of carbonyl (C=O) groups is 2. The normalized spacial score (nSPS) is 10.8. The molecule has 0 aliphatic carbocycles. The summed E-state index contributed by atoms with van der Waals surface area (Å²) in [6.45, 7) is 6.63. The van der Waals surface area contributed by atoms with Crippen molar-refractivity contribution in [3.05, 3.63) is 69.5 Å². The summed E-state index contributed by atoms with van der Waals surface area (Å²) >= 11 is 4.70. The van der Waals surface area contributed by atoms with Gasteiger partial charge in [-0.05, 0) is 56.2 Å². The molecule has 8 heteroatoms. The average molecular weight is 487 g/mol. The number of rotatable bonds is 8. The Hall–Kier alpha value is -2.45. The molecule has 0 spiro atoms. The largest absolute Gasteiger partial charge is 0.326 e. The lowest BCUT2D eigenvalue weighted by atomic mass is 10.1. The van der Waals surface area contributed by atoms with Crippen LogP contribution in [0.15, 0.2) is 52.1 Å². The highest BCUT2D eigenvalue weighted by atomic mass is 79.9. The van der Waals surface area contributed by atoms with Gasteiger partial charge in [-0.25, -0.2) is 0 Å². The van der Waals surface area contributed by atoms with Gasteiger partial charge in [-0.15, -0.1) is 10.2 Å². The molecular formula is C22H23BrN4O2S. The van der Waals surface area contributed by atoms with Crippen molar-refractivity contribution in [3.63, 3.8) is 0 Å². The zero-order chi connectivity index (χ0) is 21.7. The van der Waals surface area contributed by atoms with E-state index in [1.165, 1.54) is 17.3 Å². The summed E-state index contributed by atoms with van der Waals surface area (Å²) in [7, 11) is 0. The summed E-state index contributed by atoms with van der Waals surface area (Å²) in [6.07, 6.45) is 0.120. The third-order valence-electron chi connectivity index (χ3n) is 4.72. The van der Waals surface area contributed by atoms with Gasteiger partial charge in [0, 0.05) is 22.3 Å². The van der Waals surface area contributed by atoms with Gasteiger partial charge in [0.25, 0.3) is 0 Å². The highest BCUT2D eigenvalue weighted by molar-refractivity contribution is 9.10. The number of amides is 1. The van der Waals surface area contributed by atoms with Gasteiger partial charge in [0.15, 0.2) is 10.9 Å². The van der Waals surface area contributed by atoms with E-state index in [9.17, 15) is 9.59 Å². The van der Waals surface area contributed by atoms with Crippen molar-refractivity contribution in [1.82, 2.24) is 14.8 Å². The lowest BCUT2D eigenvalue weighted by Crippen LogP contribution is -2.18. The summed E-state index contributed by atoms with van der Waals surface area (Å²) in [5.41, 5.74) is 3.72. The standard InChI is InChI=1S/C22H23BrN4O2S/c1-4-27-20(12-21(29)24-18-10-5-14(2)15(3)11-18)25-26-22(27)30-13-19(28)16-6-8-17(23)9-7-16/h5-11H,4,12-13H2,1-3H3,(H,24,29). The Labute approximate surface area is 188 Å². The molecular weight excluding hydrogens is 464 g/mol. The lowest BCUT2D eigenvalue weighted by molar-refractivity contribution is -0.115. The number of hydrogen-bond acceptors (Lipinski definition) is 5. The van der Waals surface area contributed by atoms with Crippen molar-refractivity contribution >= 4 is 45.1 Å². The van der Waals surface area contributed by atoms with Crippen molar-refractivity contribution in [2.45, 2.75) is 38.9 Å². The van der Waals surface area contributed by atoms with Gasteiger partial charge in [0.05, 0.1) is 12.2 Å². The topological polar surface area (TPSA) is 76.9 Å². The van der Waals surface area contributed by atoms with Crippen LogP contribution in [0.25, 0.3) is 0 Å². The van der Waals surface area contributed by atoms with Gasteiger partial charge in [0.2, 0.25) is 5.91 Å². The van der Waals surface area contributed by atoms with E-state index in [0.717, 1.165) is 15.7 Å². The zero-order valence-electron chi connectivity index (χ0n) is 17.1. The number of nitrogens with zero attached hydrogens (tertiary/aromatic N) is 3. The summed E-state index contributed by atoms with van der Waals surface area (Å²) in [5.74, 6) is 0.710. The maximum Gasteiger partial charge on any atom is 0.232 e. The summed E-state index contributed by atoms with van der Waals surface area (Å²) in [5, 5.41) is 11.9. The van der Waals surface area contributed by atoms with Crippen LogP contribution in [0, 0.1) is 13.8 Å². The smallest absolute Gasteiger partial charge is 0.232 e. The van der Waals surface area contributed by atoms with Crippen molar-refractivity contribution in [2.24, 2.45) is 0 Å². The van der Waals surface area contributed by atoms with Gasteiger partial charge in [-0.1, -0.05) is 45.9 Å². The molecule has 0 saturated heterocycles. The number of halogens is 1. The quantitative estimate of drug-likeness (QED) is 0.364. The predicted molar refractivity (Wildman–Crippen MR) is 123 cm³/mol. The molecule has 0 saturated carbocycles. The fourth-order valence-corrected chi connectivity index (χ4v) is 4.07. The van der Waals surface area contributed by atoms with Crippen LogP contribution in [0.2, 0.25) is 0 Å². The number of carbonyl (C=O) groups excluding carboxylic acids is 2. The molecule has 3 aromatic rings. The maximum absolute atomic E-state index is 12.5. The van der Waals surface area contributed by atoms with E-state index < -0.39 is 0 Å². The van der Waals surface area contributed by atoms with E-state index in [1.54, 1.807) is 12.1 Å². The van der Waals surface area contributed by atoms with Crippen LogP contribution in [0.1, 0.15) is 34.2 Å². The first-order valence-electron chi connectivity index (χ1n) is 9.58. The molecule has 1 aromatic heterocycles. The fraction of sp³-hybridized carbons (Fsp3) is 0.273. The number of aryl methyl sites for hydroxylation is 2. The molecule has 0 fully saturated rings. The monoisotopic (exact) mass is 486 g/mol. The minimum Gasteiger partial charge on any atom is -0.326 e. The van der Waals surface area contributed by atoms with Crippen LogP contribution in [0.4, 0.5) is 5.69 Å². The Morgan fingerprint density at radius 1 is 1.07 bits per heavy atom. The van der Waals surface area contributed by atoms with E-state index in [0.29, 0.717) is 23.1 Å². The molecule has 0 bridgehead atoms. The van der Waals surface area contributed by atoms with E-state index in [-0.39, 0.29) is 23.9 Å².